The van der Waals surface area contributed by atoms with Crippen LogP contribution >= 0.6 is 0 Å². The normalized spacial score (nSPS) is 12.2. The van der Waals surface area contributed by atoms with Crippen LogP contribution < -0.4 is 4.74 Å². The molecule has 0 atom stereocenters. The third-order valence-corrected chi connectivity index (χ3v) is 9.29. The van der Waals surface area contributed by atoms with Gasteiger partial charge in [-0.05, 0) is 65.2 Å². The minimum Gasteiger partial charge on any atom is -0.453 e. The maximum absolute atomic E-state index is 6.37. The van der Waals surface area contributed by atoms with Crippen LogP contribution in [0.1, 0.15) is 0 Å². The molecule has 1 aliphatic rings. The van der Waals surface area contributed by atoms with E-state index < -0.39 is 0 Å². The van der Waals surface area contributed by atoms with Gasteiger partial charge in [0.15, 0.2) is 11.5 Å². The van der Waals surface area contributed by atoms with Gasteiger partial charge in [0.2, 0.25) is 0 Å². The van der Waals surface area contributed by atoms with E-state index in [0.29, 0.717) is 0 Å². The van der Waals surface area contributed by atoms with Gasteiger partial charge in [-0.25, -0.2) is 0 Å². The molecule has 0 fully saturated rings. The Hall–Kier alpha value is -6.06. The lowest BCUT2D eigenvalue weighted by Gasteiger charge is -2.21. The molecule has 0 bridgehead atoms. The molecule has 45 heavy (non-hydrogen) atoms. The summed E-state index contributed by atoms with van der Waals surface area (Å²) >= 11 is 0. The van der Waals surface area contributed by atoms with Crippen LogP contribution in [0, 0.1) is 0 Å². The van der Waals surface area contributed by atoms with E-state index in [1.54, 1.807) is 0 Å². The molecule has 7 aromatic carbocycles. The molecule has 0 saturated carbocycles. The van der Waals surface area contributed by atoms with E-state index in [-0.39, 0.29) is 0 Å². The predicted molar refractivity (Wildman–Crippen MR) is 186 cm³/mol. The fourth-order valence-corrected chi connectivity index (χ4v) is 7.38. The minimum atomic E-state index is 0.875. The van der Waals surface area contributed by atoms with Gasteiger partial charge in [0.1, 0.15) is 0 Å². The lowest BCUT2D eigenvalue weighted by molar-refractivity contribution is 0.476. The number of benzene rings is 7. The molecule has 3 heteroatoms. The van der Waals surface area contributed by atoms with E-state index in [1.165, 1.54) is 60.3 Å². The molecule has 0 N–H and O–H groups in total. The number of ether oxygens (including phenoxy) is 1. The molecular formula is C42H26N2O. The topological polar surface area (TPSA) is 19.1 Å². The van der Waals surface area contributed by atoms with E-state index in [4.69, 9.17) is 4.74 Å². The number of nitrogens with zero attached hydrogens (tertiary/aromatic N) is 2. The van der Waals surface area contributed by atoms with Crippen molar-refractivity contribution in [2.45, 2.75) is 0 Å². The van der Waals surface area contributed by atoms with Gasteiger partial charge in [0.05, 0.1) is 27.8 Å². The molecule has 1 aliphatic heterocycles. The number of aromatic nitrogens is 2. The Morgan fingerprint density at radius 2 is 0.956 bits per heavy atom. The van der Waals surface area contributed by atoms with E-state index >= 15 is 0 Å². The maximum atomic E-state index is 6.37. The zero-order valence-corrected chi connectivity index (χ0v) is 24.3. The van der Waals surface area contributed by atoms with Crippen molar-refractivity contribution >= 4 is 43.6 Å². The molecule has 0 saturated heterocycles. The largest absolute Gasteiger partial charge is 0.453 e. The van der Waals surface area contributed by atoms with Crippen molar-refractivity contribution < 1.29 is 4.74 Å². The number of rotatable bonds is 3. The van der Waals surface area contributed by atoms with E-state index in [1.807, 2.05) is 6.07 Å². The summed E-state index contributed by atoms with van der Waals surface area (Å²) in [5.74, 6) is 1.77. The smallest absolute Gasteiger partial charge is 0.152 e. The first-order valence-corrected chi connectivity index (χ1v) is 15.4. The molecule has 0 amide bonds. The van der Waals surface area contributed by atoms with Gasteiger partial charge in [-0.2, -0.15) is 0 Å². The Labute approximate surface area is 259 Å². The average Bonchev–Trinajstić information content (AvgIpc) is 3.63. The standard InChI is InChI=1S/C42H26N2O/c1-3-20-36-32(15-1)33-16-2-4-21-37(33)43(36)30-14-8-12-28(26-30)27-11-7-13-29(25-27)31-17-9-18-34-35-19-10-24-40-42(35)44(41(31)34)38-22-5-6-23-39(38)45-40/h1-26H. The third kappa shape index (κ3) is 3.46. The van der Waals surface area contributed by atoms with Gasteiger partial charge in [-0.3, -0.25) is 0 Å². The van der Waals surface area contributed by atoms with Gasteiger partial charge in [0, 0.05) is 32.8 Å². The fourth-order valence-electron chi connectivity index (χ4n) is 7.38. The molecule has 0 aliphatic carbocycles. The molecular weight excluding hydrogens is 548 g/mol. The Balaban J connectivity index is 1.17. The molecule has 0 unspecified atom stereocenters. The van der Waals surface area contributed by atoms with Gasteiger partial charge < -0.3 is 13.9 Å². The van der Waals surface area contributed by atoms with Crippen molar-refractivity contribution in [3.63, 3.8) is 0 Å². The first-order chi connectivity index (χ1) is 22.3. The highest BCUT2D eigenvalue weighted by Crippen LogP contribution is 2.47. The second kappa shape index (κ2) is 9.22. The van der Waals surface area contributed by atoms with Crippen LogP contribution in [0.25, 0.3) is 77.2 Å². The van der Waals surface area contributed by atoms with Crippen molar-refractivity contribution in [1.82, 2.24) is 9.13 Å². The van der Waals surface area contributed by atoms with Gasteiger partial charge in [-0.15, -0.1) is 0 Å². The first-order valence-electron chi connectivity index (χ1n) is 15.4. The molecule has 3 heterocycles. The van der Waals surface area contributed by atoms with Gasteiger partial charge in [0.25, 0.3) is 0 Å². The highest BCUT2D eigenvalue weighted by atomic mass is 16.5. The lowest BCUT2D eigenvalue weighted by Crippen LogP contribution is -2.04. The third-order valence-electron chi connectivity index (χ3n) is 9.29. The summed E-state index contributed by atoms with van der Waals surface area (Å²) in [6.45, 7) is 0. The van der Waals surface area contributed by atoms with Crippen LogP contribution in [0.3, 0.4) is 0 Å². The average molecular weight is 575 g/mol. The van der Waals surface area contributed by atoms with Crippen molar-refractivity contribution in [3.05, 3.63) is 158 Å². The van der Waals surface area contributed by atoms with E-state index in [2.05, 4.69) is 161 Å². The summed E-state index contributed by atoms with van der Waals surface area (Å²) in [5.41, 5.74) is 11.7. The van der Waals surface area contributed by atoms with Crippen molar-refractivity contribution in [2.24, 2.45) is 0 Å². The fraction of sp³-hybridized carbons (Fsp3) is 0. The first kappa shape index (κ1) is 24.4. The molecule has 210 valence electrons. The quantitative estimate of drug-likeness (QED) is 0.205. The van der Waals surface area contributed by atoms with Crippen molar-refractivity contribution in [3.8, 4) is 45.1 Å². The Kier molecular flexibility index (Phi) is 5.00. The molecule has 3 nitrogen and oxygen atoms in total. The monoisotopic (exact) mass is 574 g/mol. The summed E-state index contributed by atoms with van der Waals surface area (Å²) < 4.78 is 11.1. The van der Waals surface area contributed by atoms with Crippen LogP contribution in [0.2, 0.25) is 0 Å². The van der Waals surface area contributed by atoms with Crippen LogP contribution in [0.5, 0.6) is 11.5 Å². The zero-order chi connectivity index (χ0) is 29.5. The van der Waals surface area contributed by atoms with Crippen molar-refractivity contribution in [1.29, 1.82) is 0 Å². The highest BCUT2D eigenvalue weighted by Gasteiger charge is 2.25. The summed E-state index contributed by atoms with van der Waals surface area (Å²) in [6.07, 6.45) is 0. The molecule has 10 rings (SSSR count). The molecule has 0 radical (unpaired) electrons. The van der Waals surface area contributed by atoms with Gasteiger partial charge >= 0.3 is 0 Å². The molecule has 2 aromatic heterocycles. The van der Waals surface area contributed by atoms with E-state index in [0.717, 1.165) is 28.4 Å². The van der Waals surface area contributed by atoms with Crippen LogP contribution in [0.15, 0.2) is 158 Å². The second-order valence-electron chi connectivity index (χ2n) is 11.8. The lowest BCUT2D eigenvalue weighted by atomic mass is 9.97. The number of fused-ring (bicyclic) bond motifs is 8. The Morgan fingerprint density at radius 1 is 0.378 bits per heavy atom. The second-order valence-corrected chi connectivity index (χ2v) is 11.8. The number of hydrogen-bond acceptors (Lipinski definition) is 1. The summed E-state index contributed by atoms with van der Waals surface area (Å²) in [4.78, 5) is 0. The minimum absolute atomic E-state index is 0.875. The maximum Gasteiger partial charge on any atom is 0.152 e. The summed E-state index contributed by atoms with van der Waals surface area (Å²) in [6, 6.07) is 56.5. The van der Waals surface area contributed by atoms with E-state index in [9.17, 15) is 0 Å². The van der Waals surface area contributed by atoms with Crippen LogP contribution in [0.4, 0.5) is 0 Å². The predicted octanol–water partition coefficient (Wildman–Crippen LogP) is 11.3. The summed E-state index contributed by atoms with van der Waals surface area (Å²) in [7, 11) is 0. The van der Waals surface area contributed by atoms with Crippen LogP contribution in [-0.4, -0.2) is 9.13 Å². The Bertz CT molecular complexity index is 2580. The number of para-hydroxylation sites is 6. The SMILES string of the molecule is c1cc(-c2cccc(-n3c4ccccc4c4ccccc43)c2)cc(-c2cccc3c4cccc5c4n(c23)-c2ccccc2O5)c1. The van der Waals surface area contributed by atoms with Gasteiger partial charge in [-0.1, -0.05) is 109 Å². The van der Waals surface area contributed by atoms with Crippen molar-refractivity contribution in [2.75, 3.05) is 0 Å². The molecule has 0 spiro atoms. The summed E-state index contributed by atoms with van der Waals surface area (Å²) in [5, 5.41) is 4.97. The highest BCUT2D eigenvalue weighted by molar-refractivity contribution is 6.16. The zero-order valence-electron chi connectivity index (χ0n) is 24.3. The Morgan fingerprint density at radius 3 is 1.78 bits per heavy atom. The number of hydrogen-bond donors (Lipinski definition) is 0. The molecule has 9 aromatic rings. The van der Waals surface area contributed by atoms with Crippen LogP contribution in [-0.2, 0) is 0 Å².